The highest BCUT2D eigenvalue weighted by atomic mass is 19.1. The lowest BCUT2D eigenvalue weighted by Gasteiger charge is -2.05. The Morgan fingerprint density at radius 2 is 2.00 bits per heavy atom. The lowest BCUT2D eigenvalue weighted by molar-refractivity contribution is 0.590. The second-order valence-electron chi connectivity index (χ2n) is 4.21. The molecule has 0 aliphatic heterocycles. The summed E-state index contributed by atoms with van der Waals surface area (Å²) >= 11 is 0. The first-order valence-corrected chi connectivity index (χ1v) is 5.68. The summed E-state index contributed by atoms with van der Waals surface area (Å²) in [4.78, 5) is 0. The molecule has 0 saturated carbocycles. The Morgan fingerprint density at radius 1 is 1.17 bits per heavy atom. The fourth-order valence-electron chi connectivity index (χ4n) is 2.02. The summed E-state index contributed by atoms with van der Waals surface area (Å²) in [5, 5.41) is 5.23. The Balaban J connectivity index is 2.03. The van der Waals surface area contributed by atoms with E-state index in [2.05, 4.69) is 5.10 Å². The van der Waals surface area contributed by atoms with Crippen LogP contribution in [0.4, 0.5) is 10.1 Å². The molecule has 0 aliphatic carbocycles. The van der Waals surface area contributed by atoms with Crippen LogP contribution in [-0.4, -0.2) is 9.78 Å². The second kappa shape index (κ2) is 4.14. The molecule has 0 radical (unpaired) electrons. The number of rotatable bonds is 2. The normalized spacial score (nSPS) is 10.9. The maximum Gasteiger partial charge on any atom is 0.128 e. The fraction of sp³-hybridized carbons (Fsp3) is 0.0714. The van der Waals surface area contributed by atoms with Gasteiger partial charge in [-0.25, -0.2) is 4.39 Å². The molecule has 0 atom stereocenters. The third-order valence-electron chi connectivity index (χ3n) is 2.94. The van der Waals surface area contributed by atoms with E-state index < -0.39 is 0 Å². The highest BCUT2D eigenvalue weighted by Gasteiger charge is 2.06. The van der Waals surface area contributed by atoms with Crippen molar-refractivity contribution >= 4 is 16.6 Å². The average molecular weight is 241 g/mol. The van der Waals surface area contributed by atoms with Crippen LogP contribution in [0.5, 0.6) is 0 Å². The maximum atomic E-state index is 13.6. The summed E-state index contributed by atoms with van der Waals surface area (Å²) < 4.78 is 15.4. The molecule has 0 bridgehead atoms. The number of benzene rings is 2. The number of aromatic nitrogens is 2. The van der Waals surface area contributed by atoms with Gasteiger partial charge in [0.1, 0.15) is 5.82 Å². The summed E-state index contributed by atoms with van der Waals surface area (Å²) in [6, 6.07) is 12.3. The summed E-state index contributed by atoms with van der Waals surface area (Å²) in [7, 11) is 0. The molecular weight excluding hydrogens is 229 g/mol. The third kappa shape index (κ3) is 1.82. The van der Waals surface area contributed by atoms with Crippen molar-refractivity contribution in [2.75, 3.05) is 5.73 Å². The van der Waals surface area contributed by atoms with Crippen molar-refractivity contribution in [2.24, 2.45) is 0 Å². The van der Waals surface area contributed by atoms with Gasteiger partial charge in [0.25, 0.3) is 0 Å². The molecule has 0 amide bonds. The zero-order valence-electron chi connectivity index (χ0n) is 9.68. The minimum Gasteiger partial charge on any atom is -0.399 e. The Labute approximate surface area is 104 Å². The highest BCUT2D eigenvalue weighted by molar-refractivity contribution is 5.81. The van der Waals surface area contributed by atoms with Gasteiger partial charge in [0.15, 0.2) is 0 Å². The topological polar surface area (TPSA) is 43.8 Å². The zero-order chi connectivity index (χ0) is 12.5. The van der Waals surface area contributed by atoms with E-state index in [1.54, 1.807) is 23.0 Å². The van der Waals surface area contributed by atoms with Crippen molar-refractivity contribution < 1.29 is 4.39 Å². The number of hydrogen-bond acceptors (Lipinski definition) is 2. The molecule has 0 unspecified atom stereocenters. The molecule has 3 aromatic rings. The van der Waals surface area contributed by atoms with Gasteiger partial charge in [-0.1, -0.05) is 18.2 Å². The van der Waals surface area contributed by atoms with Crippen LogP contribution in [0, 0.1) is 5.82 Å². The van der Waals surface area contributed by atoms with Crippen LogP contribution >= 0.6 is 0 Å². The molecule has 0 saturated heterocycles. The average Bonchev–Trinajstić information content (AvgIpc) is 2.74. The number of anilines is 1. The summed E-state index contributed by atoms with van der Waals surface area (Å²) in [5.74, 6) is -0.211. The monoisotopic (exact) mass is 241 g/mol. The van der Waals surface area contributed by atoms with E-state index in [1.165, 1.54) is 6.07 Å². The number of nitrogens with two attached hydrogens (primary N) is 1. The molecule has 0 fully saturated rings. The minimum absolute atomic E-state index is 0.211. The number of nitrogens with zero attached hydrogens (tertiary/aromatic N) is 2. The molecule has 2 N–H and O–H groups in total. The smallest absolute Gasteiger partial charge is 0.128 e. The van der Waals surface area contributed by atoms with Gasteiger partial charge in [0.05, 0.1) is 18.3 Å². The first-order valence-electron chi connectivity index (χ1n) is 5.68. The molecule has 3 nitrogen and oxygen atoms in total. The summed E-state index contributed by atoms with van der Waals surface area (Å²) in [5.41, 5.74) is 7.99. The van der Waals surface area contributed by atoms with Crippen LogP contribution < -0.4 is 5.73 Å². The van der Waals surface area contributed by atoms with Crippen LogP contribution in [0.2, 0.25) is 0 Å². The van der Waals surface area contributed by atoms with Crippen LogP contribution in [0.1, 0.15) is 5.56 Å². The van der Waals surface area contributed by atoms with E-state index in [1.807, 2.05) is 24.3 Å². The predicted octanol–water partition coefficient (Wildman–Crippen LogP) is 2.81. The molecule has 2 aromatic carbocycles. The maximum absolute atomic E-state index is 13.6. The van der Waals surface area contributed by atoms with E-state index in [0.29, 0.717) is 17.8 Å². The van der Waals surface area contributed by atoms with Crippen LogP contribution in [0.25, 0.3) is 10.9 Å². The lowest BCUT2D eigenvalue weighted by Crippen LogP contribution is -2.03. The minimum atomic E-state index is -0.211. The third-order valence-corrected chi connectivity index (χ3v) is 2.94. The van der Waals surface area contributed by atoms with Crippen LogP contribution in [-0.2, 0) is 6.54 Å². The van der Waals surface area contributed by atoms with Gasteiger partial charge in [-0.3, -0.25) is 4.68 Å². The van der Waals surface area contributed by atoms with Gasteiger partial charge in [-0.15, -0.1) is 0 Å². The standard InChI is InChI=1S/C14H12FN3/c15-13-4-2-1-3-10(13)9-18-14-6-5-12(16)7-11(14)8-17-18/h1-8H,9,16H2. The molecule has 3 rings (SSSR count). The Kier molecular flexibility index (Phi) is 2.48. The number of halogens is 1. The van der Waals surface area contributed by atoms with Crippen LogP contribution in [0.3, 0.4) is 0 Å². The number of nitrogen functional groups attached to an aromatic ring is 1. The van der Waals surface area contributed by atoms with Crippen molar-refractivity contribution in [2.45, 2.75) is 6.54 Å². The number of hydrogen-bond donors (Lipinski definition) is 1. The van der Waals surface area contributed by atoms with E-state index in [4.69, 9.17) is 5.73 Å². The Morgan fingerprint density at radius 3 is 2.83 bits per heavy atom. The van der Waals surface area contributed by atoms with Crippen molar-refractivity contribution in [1.29, 1.82) is 0 Å². The van der Waals surface area contributed by atoms with Gasteiger partial charge in [0, 0.05) is 16.6 Å². The largest absolute Gasteiger partial charge is 0.399 e. The SMILES string of the molecule is Nc1ccc2c(cnn2Cc2ccccc2F)c1. The van der Waals surface area contributed by atoms with Crippen molar-refractivity contribution in [3.63, 3.8) is 0 Å². The van der Waals surface area contributed by atoms with Crippen molar-refractivity contribution in [1.82, 2.24) is 9.78 Å². The molecule has 0 aliphatic rings. The molecule has 18 heavy (non-hydrogen) atoms. The van der Waals surface area contributed by atoms with E-state index in [9.17, 15) is 4.39 Å². The molecule has 0 spiro atoms. The van der Waals surface area contributed by atoms with E-state index >= 15 is 0 Å². The molecule has 1 heterocycles. The highest BCUT2D eigenvalue weighted by Crippen LogP contribution is 2.18. The Hall–Kier alpha value is -2.36. The van der Waals surface area contributed by atoms with E-state index in [0.717, 1.165) is 10.9 Å². The van der Waals surface area contributed by atoms with Crippen LogP contribution in [0.15, 0.2) is 48.7 Å². The van der Waals surface area contributed by atoms with Crippen molar-refractivity contribution in [3.05, 3.63) is 60.0 Å². The fourth-order valence-corrected chi connectivity index (χ4v) is 2.02. The molecular formula is C14H12FN3. The Bertz CT molecular complexity index is 703. The van der Waals surface area contributed by atoms with E-state index in [-0.39, 0.29) is 5.82 Å². The first-order chi connectivity index (χ1) is 8.74. The lowest BCUT2D eigenvalue weighted by atomic mass is 10.2. The summed E-state index contributed by atoms with van der Waals surface area (Å²) in [6.07, 6.45) is 1.74. The van der Waals surface area contributed by atoms with Gasteiger partial charge >= 0.3 is 0 Å². The second-order valence-corrected chi connectivity index (χ2v) is 4.21. The molecule has 4 heteroatoms. The molecule has 1 aromatic heterocycles. The van der Waals surface area contributed by atoms with Gasteiger partial charge < -0.3 is 5.73 Å². The quantitative estimate of drug-likeness (QED) is 0.701. The summed E-state index contributed by atoms with van der Waals surface area (Å²) in [6.45, 7) is 0.417. The zero-order valence-corrected chi connectivity index (χ0v) is 9.68. The first kappa shape index (κ1) is 10.8. The van der Waals surface area contributed by atoms with Gasteiger partial charge in [-0.05, 0) is 24.3 Å². The predicted molar refractivity (Wildman–Crippen MR) is 69.6 cm³/mol. The van der Waals surface area contributed by atoms with Gasteiger partial charge in [-0.2, -0.15) is 5.10 Å². The van der Waals surface area contributed by atoms with Crippen molar-refractivity contribution in [3.8, 4) is 0 Å². The van der Waals surface area contributed by atoms with Gasteiger partial charge in [0.2, 0.25) is 0 Å². The number of fused-ring (bicyclic) bond motifs is 1. The molecule has 90 valence electrons.